The molecule has 0 heterocycles. The lowest BCUT2D eigenvalue weighted by molar-refractivity contribution is -0.121. The smallest absolute Gasteiger partial charge is 0.220 e. The molecule has 0 saturated heterocycles. The van der Waals surface area contributed by atoms with Crippen LogP contribution in [0.2, 0.25) is 0 Å². The van der Waals surface area contributed by atoms with E-state index < -0.39 is 0 Å². The van der Waals surface area contributed by atoms with E-state index in [2.05, 4.69) is 12.2 Å². The summed E-state index contributed by atoms with van der Waals surface area (Å²) in [6.45, 7) is 2.65. The molecule has 0 aliphatic carbocycles. The maximum absolute atomic E-state index is 11.6. The van der Waals surface area contributed by atoms with Crippen molar-refractivity contribution >= 4 is 5.91 Å². The van der Waals surface area contributed by atoms with Gasteiger partial charge in [-0.2, -0.15) is 0 Å². The molecule has 106 valence electrons. The largest absolute Gasteiger partial charge is 0.493 e. The van der Waals surface area contributed by atoms with Crippen molar-refractivity contribution in [1.29, 1.82) is 0 Å². The van der Waals surface area contributed by atoms with Gasteiger partial charge < -0.3 is 14.8 Å². The molecule has 0 aliphatic rings. The summed E-state index contributed by atoms with van der Waals surface area (Å²) >= 11 is 0. The minimum atomic E-state index is 0.100. The van der Waals surface area contributed by atoms with Crippen LogP contribution in [0, 0.1) is 0 Å². The Bertz CT molecular complexity index is 404. The van der Waals surface area contributed by atoms with Crippen LogP contribution in [0.1, 0.15) is 38.2 Å². The first-order chi connectivity index (χ1) is 9.21. The molecule has 0 atom stereocenters. The molecule has 0 unspecified atom stereocenters. The van der Waals surface area contributed by atoms with Gasteiger partial charge in [0.25, 0.3) is 0 Å². The summed E-state index contributed by atoms with van der Waals surface area (Å²) in [5.74, 6) is 1.48. The number of hydrogen-bond donors (Lipinski definition) is 1. The summed E-state index contributed by atoms with van der Waals surface area (Å²) in [5, 5.41) is 2.91. The van der Waals surface area contributed by atoms with Crippen molar-refractivity contribution in [3.63, 3.8) is 0 Å². The number of rotatable bonds is 8. The number of ether oxygens (including phenoxy) is 2. The summed E-state index contributed by atoms with van der Waals surface area (Å²) in [7, 11) is 3.21. The van der Waals surface area contributed by atoms with Crippen LogP contribution in [0.15, 0.2) is 18.2 Å². The molecule has 0 spiro atoms. The van der Waals surface area contributed by atoms with E-state index in [0.29, 0.717) is 24.5 Å². The van der Waals surface area contributed by atoms with Crippen LogP contribution >= 0.6 is 0 Å². The third kappa shape index (κ3) is 5.20. The molecule has 19 heavy (non-hydrogen) atoms. The molecule has 0 fully saturated rings. The Labute approximate surface area is 115 Å². The van der Waals surface area contributed by atoms with Crippen molar-refractivity contribution in [2.45, 2.75) is 39.2 Å². The number of hydrogen-bond acceptors (Lipinski definition) is 3. The summed E-state index contributed by atoms with van der Waals surface area (Å²) in [6.07, 6.45) is 3.78. The second kappa shape index (κ2) is 8.40. The SMILES string of the molecule is CCCCCC(=O)NCc1ccc(OC)c(OC)c1. The molecule has 1 N–H and O–H groups in total. The third-order valence-corrected chi connectivity index (χ3v) is 2.95. The second-order valence-corrected chi connectivity index (χ2v) is 4.42. The van der Waals surface area contributed by atoms with Crippen LogP contribution in [0.3, 0.4) is 0 Å². The van der Waals surface area contributed by atoms with E-state index in [9.17, 15) is 4.79 Å². The number of carbonyl (C=O) groups is 1. The molecule has 0 saturated carbocycles. The first-order valence-corrected chi connectivity index (χ1v) is 6.68. The molecule has 0 aliphatic heterocycles. The lowest BCUT2D eigenvalue weighted by atomic mass is 10.1. The number of benzene rings is 1. The Balaban J connectivity index is 2.47. The van der Waals surface area contributed by atoms with E-state index in [0.717, 1.165) is 24.8 Å². The molecule has 0 aromatic heterocycles. The minimum absolute atomic E-state index is 0.100. The number of amides is 1. The predicted octanol–water partition coefficient (Wildman–Crippen LogP) is 2.90. The van der Waals surface area contributed by atoms with Gasteiger partial charge >= 0.3 is 0 Å². The molecule has 1 aromatic carbocycles. The highest BCUT2D eigenvalue weighted by Crippen LogP contribution is 2.27. The van der Waals surface area contributed by atoms with E-state index in [-0.39, 0.29) is 5.91 Å². The molecular weight excluding hydrogens is 242 g/mol. The number of nitrogens with one attached hydrogen (secondary N) is 1. The van der Waals surface area contributed by atoms with Crippen molar-refractivity contribution in [2.24, 2.45) is 0 Å². The molecular formula is C15H23NO3. The number of methoxy groups -OCH3 is 2. The minimum Gasteiger partial charge on any atom is -0.493 e. The van der Waals surface area contributed by atoms with Crippen LogP contribution in [-0.4, -0.2) is 20.1 Å². The van der Waals surface area contributed by atoms with Crippen LogP contribution < -0.4 is 14.8 Å². The van der Waals surface area contributed by atoms with Gasteiger partial charge in [-0.05, 0) is 24.1 Å². The number of unbranched alkanes of at least 4 members (excludes halogenated alkanes) is 2. The van der Waals surface area contributed by atoms with Crippen molar-refractivity contribution in [1.82, 2.24) is 5.32 Å². The fourth-order valence-electron chi connectivity index (χ4n) is 1.82. The van der Waals surface area contributed by atoms with Crippen LogP contribution in [0.4, 0.5) is 0 Å². The van der Waals surface area contributed by atoms with E-state index in [1.807, 2.05) is 18.2 Å². The maximum atomic E-state index is 11.6. The fraction of sp³-hybridized carbons (Fsp3) is 0.533. The zero-order valence-electron chi connectivity index (χ0n) is 12.0. The third-order valence-electron chi connectivity index (χ3n) is 2.95. The zero-order chi connectivity index (χ0) is 14.1. The summed E-state index contributed by atoms with van der Waals surface area (Å²) < 4.78 is 10.4. The van der Waals surface area contributed by atoms with E-state index in [1.54, 1.807) is 14.2 Å². The Morgan fingerprint density at radius 1 is 1.16 bits per heavy atom. The van der Waals surface area contributed by atoms with Gasteiger partial charge in [-0.15, -0.1) is 0 Å². The molecule has 4 heteroatoms. The highest BCUT2D eigenvalue weighted by atomic mass is 16.5. The standard InChI is InChI=1S/C15H23NO3/c1-4-5-6-7-15(17)16-11-12-8-9-13(18-2)14(10-12)19-3/h8-10H,4-7,11H2,1-3H3,(H,16,17). The molecule has 1 rings (SSSR count). The van der Waals surface area contributed by atoms with Crippen molar-refractivity contribution in [3.05, 3.63) is 23.8 Å². The zero-order valence-corrected chi connectivity index (χ0v) is 12.0. The van der Waals surface area contributed by atoms with Crippen molar-refractivity contribution in [2.75, 3.05) is 14.2 Å². The normalized spacial score (nSPS) is 10.1. The quantitative estimate of drug-likeness (QED) is 0.735. The Morgan fingerprint density at radius 3 is 2.53 bits per heavy atom. The molecule has 1 aromatic rings. The van der Waals surface area contributed by atoms with Gasteiger partial charge in [-0.1, -0.05) is 25.8 Å². The van der Waals surface area contributed by atoms with Crippen LogP contribution in [0.5, 0.6) is 11.5 Å². The van der Waals surface area contributed by atoms with Crippen molar-refractivity contribution in [3.8, 4) is 11.5 Å². The maximum Gasteiger partial charge on any atom is 0.220 e. The van der Waals surface area contributed by atoms with Gasteiger partial charge in [-0.3, -0.25) is 4.79 Å². The van der Waals surface area contributed by atoms with Gasteiger partial charge in [0.1, 0.15) is 0 Å². The summed E-state index contributed by atoms with van der Waals surface area (Å²) in [5.41, 5.74) is 1.00. The lowest BCUT2D eigenvalue weighted by Crippen LogP contribution is -2.22. The molecule has 4 nitrogen and oxygen atoms in total. The van der Waals surface area contributed by atoms with Gasteiger partial charge in [0.2, 0.25) is 5.91 Å². The second-order valence-electron chi connectivity index (χ2n) is 4.42. The highest BCUT2D eigenvalue weighted by molar-refractivity contribution is 5.75. The van der Waals surface area contributed by atoms with Crippen molar-refractivity contribution < 1.29 is 14.3 Å². The van der Waals surface area contributed by atoms with Gasteiger partial charge in [0.15, 0.2) is 11.5 Å². The highest BCUT2D eigenvalue weighted by Gasteiger charge is 2.06. The Hall–Kier alpha value is -1.71. The molecule has 1 amide bonds. The van der Waals surface area contributed by atoms with Gasteiger partial charge in [-0.25, -0.2) is 0 Å². The van der Waals surface area contributed by atoms with Gasteiger partial charge in [0.05, 0.1) is 14.2 Å². The molecule has 0 bridgehead atoms. The Morgan fingerprint density at radius 2 is 1.89 bits per heavy atom. The Kier molecular flexibility index (Phi) is 6.79. The van der Waals surface area contributed by atoms with Crippen LogP contribution in [-0.2, 0) is 11.3 Å². The van der Waals surface area contributed by atoms with E-state index in [1.165, 1.54) is 0 Å². The average molecular weight is 265 g/mol. The fourth-order valence-corrected chi connectivity index (χ4v) is 1.82. The average Bonchev–Trinajstić information content (AvgIpc) is 2.45. The first-order valence-electron chi connectivity index (χ1n) is 6.68. The predicted molar refractivity (Wildman–Crippen MR) is 75.5 cm³/mol. The summed E-state index contributed by atoms with van der Waals surface area (Å²) in [4.78, 5) is 11.6. The first kappa shape index (κ1) is 15.3. The lowest BCUT2D eigenvalue weighted by Gasteiger charge is -2.10. The monoisotopic (exact) mass is 265 g/mol. The van der Waals surface area contributed by atoms with E-state index in [4.69, 9.17) is 9.47 Å². The molecule has 0 radical (unpaired) electrons. The van der Waals surface area contributed by atoms with Crippen LogP contribution in [0.25, 0.3) is 0 Å². The van der Waals surface area contributed by atoms with Gasteiger partial charge in [0, 0.05) is 13.0 Å². The summed E-state index contributed by atoms with van der Waals surface area (Å²) in [6, 6.07) is 5.65. The van der Waals surface area contributed by atoms with E-state index >= 15 is 0 Å². The number of carbonyl (C=O) groups excluding carboxylic acids is 1. The topological polar surface area (TPSA) is 47.6 Å².